The van der Waals surface area contributed by atoms with Gasteiger partial charge in [-0.1, -0.05) is 19.0 Å². The van der Waals surface area contributed by atoms with Crippen molar-refractivity contribution in [2.24, 2.45) is 5.92 Å². The fraction of sp³-hybridized carbons (Fsp3) is 0.643. The predicted molar refractivity (Wildman–Crippen MR) is 71.6 cm³/mol. The van der Waals surface area contributed by atoms with Crippen molar-refractivity contribution in [2.45, 2.75) is 39.5 Å². The average molecular weight is 280 g/mol. The molecule has 6 heteroatoms. The third-order valence-electron chi connectivity index (χ3n) is 3.42. The predicted octanol–water partition coefficient (Wildman–Crippen LogP) is 2.04. The van der Waals surface area contributed by atoms with Crippen LogP contribution in [0.4, 0.5) is 0 Å². The molecule has 0 aromatic carbocycles. The molecule has 1 aromatic heterocycles. The van der Waals surface area contributed by atoms with Crippen molar-refractivity contribution in [1.29, 1.82) is 0 Å². The Morgan fingerprint density at radius 3 is 2.60 bits per heavy atom. The second kappa shape index (κ2) is 5.64. The molecule has 1 saturated carbocycles. The molecular formula is C14H20N2O4. The lowest BCUT2D eigenvalue weighted by Gasteiger charge is -2.20. The first-order valence-corrected chi connectivity index (χ1v) is 6.87. The van der Waals surface area contributed by atoms with Crippen molar-refractivity contribution in [2.75, 3.05) is 13.1 Å². The number of aliphatic carboxylic acids is 1. The van der Waals surface area contributed by atoms with Gasteiger partial charge in [0.05, 0.1) is 5.69 Å². The van der Waals surface area contributed by atoms with Crippen LogP contribution in [0.15, 0.2) is 4.52 Å². The molecule has 0 spiro atoms. The lowest BCUT2D eigenvalue weighted by atomic mass is 10.0. The summed E-state index contributed by atoms with van der Waals surface area (Å²) in [5.41, 5.74) is 0.937. The topological polar surface area (TPSA) is 83.6 Å². The first-order chi connectivity index (χ1) is 9.40. The van der Waals surface area contributed by atoms with E-state index in [4.69, 9.17) is 9.63 Å². The number of hydrogen-bond donors (Lipinski definition) is 1. The summed E-state index contributed by atoms with van der Waals surface area (Å²) >= 11 is 0. The molecule has 20 heavy (non-hydrogen) atoms. The fourth-order valence-corrected chi connectivity index (χ4v) is 2.19. The van der Waals surface area contributed by atoms with E-state index in [-0.39, 0.29) is 18.4 Å². The highest BCUT2D eigenvalue weighted by Crippen LogP contribution is 2.31. The molecule has 1 N–H and O–H groups in total. The zero-order chi connectivity index (χ0) is 14.9. The zero-order valence-corrected chi connectivity index (χ0v) is 12.0. The molecule has 110 valence electrons. The van der Waals surface area contributed by atoms with E-state index in [9.17, 15) is 9.59 Å². The number of carbonyl (C=O) groups excluding carboxylic acids is 1. The third-order valence-corrected chi connectivity index (χ3v) is 3.42. The molecule has 1 aliphatic carbocycles. The summed E-state index contributed by atoms with van der Waals surface area (Å²) in [6.07, 6.45) is 2.12. The molecule has 6 nitrogen and oxygen atoms in total. The molecule has 0 unspecified atom stereocenters. The van der Waals surface area contributed by atoms with Gasteiger partial charge in [-0.3, -0.25) is 9.59 Å². The highest BCUT2D eigenvalue weighted by molar-refractivity contribution is 5.97. The van der Waals surface area contributed by atoms with Crippen LogP contribution in [0.5, 0.6) is 0 Å². The SMILES string of the molecule is Cc1noc(C(C)C)c1C(=O)N(CC(=O)O)CC1CC1. The summed E-state index contributed by atoms with van der Waals surface area (Å²) in [7, 11) is 0. The first kappa shape index (κ1) is 14.6. The minimum Gasteiger partial charge on any atom is -0.480 e. The van der Waals surface area contributed by atoms with Crippen LogP contribution in [0.2, 0.25) is 0 Å². The number of aryl methyl sites for hydroxylation is 1. The normalized spacial score (nSPS) is 14.6. The molecule has 0 radical (unpaired) electrons. The summed E-state index contributed by atoms with van der Waals surface area (Å²) in [4.78, 5) is 25.0. The molecule has 0 atom stereocenters. The Balaban J connectivity index is 2.25. The lowest BCUT2D eigenvalue weighted by molar-refractivity contribution is -0.137. The lowest BCUT2D eigenvalue weighted by Crippen LogP contribution is -2.37. The van der Waals surface area contributed by atoms with Crippen molar-refractivity contribution in [3.63, 3.8) is 0 Å². The van der Waals surface area contributed by atoms with Crippen LogP contribution in [0.3, 0.4) is 0 Å². The van der Waals surface area contributed by atoms with Crippen molar-refractivity contribution in [3.8, 4) is 0 Å². The van der Waals surface area contributed by atoms with E-state index in [1.807, 2.05) is 13.8 Å². The number of carboxylic acids is 1. The standard InChI is InChI=1S/C14H20N2O4/c1-8(2)13-12(9(3)15-20-13)14(19)16(7-11(17)18)6-10-4-5-10/h8,10H,4-7H2,1-3H3,(H,17,18). The summed E-state index contributed by atoms with van der Waals surface area (Å²) in [5.74, 6) is -0.302. The summed E-state index contributed by atoms with van der Waals surface area (Å²) in [5, 5.41) is 12.8. The zero-order valence-electron chi connectivity index (χ0n) is 12.0. The maximum absolute atomic E-state index is 12.6. The van der Waals surface area contributed by atoms with Gasteiger partial charge in [0, 0.05) is 12.5 Å². The van der Waals surface area contributed by atoms with Gasteiger partial charge in [-0.05, 0) is 25.7 Å². The molecule has 1 aliphatic rings. The van der Waals surface area contributed by atoms with Crippen molar-refractivity contribution in [1.82, 2.24) is 10.1 Å². The Morgan fingerprint density at radius 2 is 2.10 bits per heavy atom. The summed E-state index contributed by atoms with van der Waals surface area (Å²) in [6, 6.07) is 0. The van der Waals surface area contributed by atoms with Crippen LogP contribution in [-0.2, 0) is 4.79 Å². The van der Waals surface area contributed by atoms with Crippen molar-refractivity contribution >= 4 is 11.9 Å². The average Bonchev–Trinajstić information content (AvgIpc) is 3.07. The molecular weight excluding hydrogens is 260 g/mol. The van der Waals surface area contributed by atoms with E-state index in [1.165, 1.54) is 4.90 Å². The molecule has 0 saturated heterocycles. The monoisotopic (exact) mass is 280 g/mol. The number of amides is 1. The van der Waals surface area contributed by atoms with Crippen molar-refractivity contribution < 1.29 is 19.2 Å². The maximum Gasteiger partial charge on any atom is 0.323 e. The highest BCUT2D eigenvalue weighted by atomic mass is 16.5. The molecule has 1 heterocycles. The molecule has 1 fully saturated rings. The quantitative estimate of drug-likeness (QED) is 0.862. The second-order valence-corrected chi connectivity index (χ2v) is 5.68. The molecule has 0 bridgehead atoms. The van der Waals surface area contributed by atoms with Crippen LogP contribution in [0, 0.1) is 12.8 Å². The van der Waals surface area contributed by atoms with E-state index < -0.39 is 5.97 Å². The van der Waals surface area contributed by atoms with Crippen LogP contribution in [-0.4, -0.2) is 40.1 Å². The van der Waals surface area contributed by atoms with E-state index >= 15 is 0 Å². The van der Waals surface area contributed by atoms with Gasteiger partial charge in [0.1, 0.15) is 12.1 Å². The van der Waals surface area contributed by atoms with Crippen LogP contribution >= 0.6 is 0 Å². The number of aromatic nitrogens is 1. The van der Waals surface area contributed by atoms with Crippen LogP contribution in [0.1, 0.15) is 54.4 Å². The maximum atomic E-state index is 12.6. The largest absolute Gasteiger partial charge is 0.480 e. The van der Waals surface area contributed by atoms with Crippen molar-refractivity contribution in [3.05, 3.63) is 17.0 Å². The molecule has 1 amide bonds. The summed E-state index contributed by atoms with van der Waals surface area (Å²) in [6.45, 7) is 5.75. The van der Waals surface area contributed by atoms with Gasteiger partial charge in [-0.15, -0.1) is 0 Å². The number of hydrogen-bond acceptors (Lipinski definition) is 4. The smallest absolute Gasteiger partial charge is 0.323 e. The van der Waals surface area contributed by atoms with Gasteiger partial charge in [0.2, 0.25) is 0 Å². The minimum absolute atomic E-state index is 0.0303. The Morgan fingerprint density at radius 1 is 1.45 bits per heavy atom. The Hall–Kier alpha value is -1.85. The van der Waals surface area contributed by atoms with E-state index in [1.54, 1.807) is 6.92 Å². The number of nitrogens with zero attached hydrogens (tertiary/aromatic N) is 2. The van der Waals surface area contributed by atoms with E-state index in [0.717, 1.165) is 12.8 Å². The van der Waals surface area contributed by atoms with Gasteiger partial charge in [-0.25, -0.2) is 0 Å². The minimum atomic E-state index is -1.00. The highest BCUT2D eigenvalue weighted by Gasteiger charge is 2.32. The third kappa shape index (κ3) is 3.18. The van der Waals surface area contributed by atoms with Gasteiger partial charge >= 0.3 is 5.97 Å². The van der Waals surface area contributed by atoms with Gasteiger partial charge < -0.3 is 14.5 Å². The van der Waals surface area contributed by atoms with E-state index in [2.05, 4.69) is 5.16 Å². The van der Waals surface area contributed by atoms with E-state index in [0.29, 0.717) is 29.5 Å². The Kier molecular flexibility index (Phi) is 4.11. The fourth-order valence-electron chi connectivity index (χ4n) is 2.19. The number of rotatable bonds is 6. The summed E-state index contributed by atoms with van der Waals surface area (Å²) < 4.78 is 5.21. The van der Waals surface area contributed by atoms with Crippen LogP contribution < -0.4 is 0 Å². The Labute approximate surface area is 117 Å². The Bertz CT molecular complexity index is 517. The van der Waals surface area contributed by atoms with Gasteiger partial charge in [0.25, 0.3) is 5.91 Å². The van der Waals surface area contributed by atoms with Gasteiger partial charge in [0.15, 0.2) is 5.76 Å². The van der Waals surface area contributed by atoms with Crippen LogP contribution in [0.25, 0.3) is 0 Å². The first-order valence-electron chi connectivity index (χ1n) is 6.87. The van der Waals surface area contributed by atoms with Gasteiger partial charge in [-0.2, -0.15) is 0 Å². The second-order valence-electron chi connectivity index (χ2n) is 5.68. The number of carbonyl (C=O) groups is 2. The molecule has 2 rings (SSSR count). The molecule has 1 aromatic rings. The number of carboxylic acid groups (broad SMARTS) is 1. The molecule has 0 aliphatic heterocycles.